The maximum absolute atomic E-state index is 9.72. The average Bonchev–Trinajstić information content (AvgIpc) is 2.22. The number of aliphatic hydroxyl groups excluding tert-OH is 1. The van der Waals surface area contributed by atoms with E-state index < -0.39 is 0 Å². The van der Waals surface area contributed by atoms with Crippen LogP contribution in [0.1, 0.15) is 25.7 Å². The molecule has 0 amide bonds. The third-order valence-corrected chi connectivity index (χ3v) is 2.84. The SMILES string of the molecule is OC1CCCCC1Oc1cncc(Cl)c1. The van der Waals surface area contributed by atoms with Crippen molar-refractivity contribution < 1.29 is 9.84 Å². The first-order valence-corrected chi connectivity index (χ1v) is 5.59. The van der Waals surface area contributed by atoms with Crippen molar-refractivity contribution in [3.8, 4) is 5.75 Å². The topological polar surface area (TPSA) is 42.4 Å². The van der Waals surface area contributed by atoms with E-state index in [0.717, 1.165) is 25.7 Å². The molecule has 2 unspecified atom stereocenters. The van der Waals surface area contributed by atoms with E-state index in [1.165, 1.54) is 0 Å². The van der Waals surface area contributed by atoms with Gasteiger partial charge < -0.3 is 9.84 Å². The summed E-state index contributed by atoms with van der Waals surface area (Å²) >= 11 is 5.79. The van der Waals surface area contributed by atoms with E-state index in [-0.39, 0.29) is 12.2 Å². The molecular formula is C11H14ClNO2. The summed E-state index contributed by atoms with van der Waals surface area (Å²) in [4.78, 5) is 3.94. The van der Waals surface area contributed by atoms with Gasteiger partial charge in [-0.2, -0.15) is 0 Å². The molecule has 1 aromatic rings. The summed E-state index contributed by atoms with van der Waals surface area (Å²) in [6.45, 7) is 0. The first-order chi connectivity index (χ1) is 7.25. The summed E-state index contributed by atoms with van der Waals surface area (Å²) in [5, 5.41) is 10.3. The number of halogens is 1. The highest BCUT2D eigenvalue weighted by molar-refractivity contribution is 6.30. The Morgan fingerprint density at radius 3 is 2.87 bits per heavy atom. The number of nitrogens with zero attached hydrogens (tertiary/aromatic N) is 1. The van der Waals surface area contributed by atoms with Crippen molar-refractivity contribution in [2.45, 2.75) is 37.9 Å². The van der Waals surface area contributed by atoms with Crippen LogP contribution in [-0.2, 0) is 0 Å². The fraction of sp³-hybridized carbons (Fsp3) is 0.545. The predicted octanol–water partition coefficient (Wildman–Crippen LogP) is 2.42. The Labute approximate surface area is 94.0 Å². The third-order valence-electron chi connectivity index (χ3n) is 2.63. The molecule has 15 heavy (non-hydrogen) atoms. The molecule has 82 valence electrons. The van der Waals surface area contributed by atoms with E-state index in [4.69, 9.17) is 16.3 Å². The molecule has 1 aliphatic carbocycles. The predicted molar refractivity (Wildman–Crippen MR) is 58.1 cm³/mol. The van der Waals surface area contributed by atoms with Crippen LogP contribution in [-0.4, -0.2) is 22.3 Å². The number of hydrogen-bond acceptors (Lipinski definition) is 3. The smallest absolute Gasteiger partial charge is 0.139 e. The third kappa shape index (κ3) is 2.83. The van der Waals surface area contributed by atoms with Gasteiger partial charge in [0.25, 0.3) is 0 Å². The van der Waals surface area contributed by atoms with Crippen molar-refractivity contribution in [1.82, 2.24) is 4.98 Å². The number of aromatic nitrogens is 1. The number of hydrogen-bond donors (Lipinski definition) is 1. The molecule has 4 heteroatoms. The number of rotatable bonds is 2. The number of pyridine rings is 1. The van der Waals surface area contributed by atoms with Gasteiger partial charge in [-0.25, -0.2) is 0 Å². The highest BCUT2D eigenvalue weighted by atomic mass is 35.5. The van der Waals surface area contributed by atoms with Crippen LogP contribution in [0.4, 0.5) is 0 Å². The fourth-order valence-corrected chi connectivity index (χ4v) is 2.01. The minimum Gasteiger partial charge on any atom is -0.486 e. The van der Waals surface area contributed by atoms with E-state index in [1.807, 2.05) is 0 Å². The Hall–Kier alpha value is -0.800. The van der Waals surface area contributed by atoms with E-state index in [0.29, 0.717) is 10.8 Å². The minimum absolute atomic E-state index is 0.112. The molecule has 0 bridgehead atoms. The van der Waals surface area contributed by atoms with Gasteiger partial charge in [0.1, 0.15) is 11.9 Å². The maximum atomic E-state index is 9.72. The van der Waals surface area contributed by atoms with Crippen LogP contribution < -0.4 is 4.74 Å². The molecule has 3 nitrogen and oxygen atoms in total. The number of ether oxygens (including phenoxy) is 1. The van der Waals surface area contributed by atoms with Crippen molar-refractivity contribution in [1.29, 1.82) is 0 Å². The monoisotopic (exact) mass is 227 g/mol. The first kappa shape index (κ1) is 10.7. The largest absolute Gasteiger partial charge is 0.486 e. The normalized spacial score (nSPS) is 26.3. The Bertz CT molecular complexity index is 332. The summed E-state index contributed by atoms with van der Waals surface area (Å²) in [6.07, 6.45) is 6.60. The summed E-state index contributed by atoms with van der Waals surface area (Å²) in [5.74, 6) is 0.633. The molecule has 0 saturated heterocycles. The lowest BCUT2D eigenvalue weighted by Gasteiger charge is -2.28. The molecule has 1 aromatic heterocycles. The van der Waals surface area contributed by atoms with E-state index in [2.05, 4.69) is 4.98 Å². The van der Waals surface area contributed by atoms with Crippen LogP contribution in [0, 0.1) is 0 Å². The van der Waals surface area contributed by atoms with Gasteiger partial charge >= 0.3 is 0 Å². The highest BCUT2D eigenvalue weighted by Crippen LogP contribution is 2.24. The molecule has 0 aliphatic heterocycles. The van der Waals surface area contributed by atoms with Gasteiger partial charge in [0.15, 0.2) is 0 Å². The van der Waals surface area contributed by atoms with Crippen molar-refractivity contribution in [3.63, 3.8) is 0 Å². The lowest BCUT2D eigenvalue weighted by molar-refractivity contribution is 0.00670. The second kappa shape index (κ2) is 4.81. The summed E-state index contributed by atoms with van der Waals surface area (Å²) < 4.78 is 5.65. The molecule has 0 radical (unpaired) electrons. The van der Waals surface area contributed by atoms with Gasteiger partial charge in [0.2, 0.25) is 0 Å². The van der Waals surface area contributed by atoms with Gasteiger partial charge in [-0.3, -0.25) is 4.98 Å². The fourth-order valence-electron chi connectivity index (χ4n) is 1.85. The minimum atomic E-state index is -0.363. The van der Waals surface area contributed by atoms with E-state index >= 15 is 0 Å². The summed E-state index contributed by atoms with van der Waals surface area (Å²) in [7, 11) is 0. The average molecular weight is 228 g/mol. The zero-order valence-corrected chi connectivity index (χ0v) is 9.15. The van der Waals surface area contributed by atoms with Gasteiger partial charge in [0, 0.05) is 12.3 Å². The van der Waals surface area contributed by atoms with Gasteiger partial charge in [0.05, 0.1) is 17.3 Å². The van der Waals surface area contributed by atoms with Crippen molar-refractivity contribution >= 4 is 11.6 Å². The molecule has 1 saturated carbocycles. The van der Waals surface area contributed by atoms with Crippen LogP contribution in [0.3, 0.4) is 0 Å². The molecule has 0 spiro atoms. The van der Waals surface area contributed by atoms with E-state index in [1.54, 1.807) is 18.5 Å². The van der Waals surface area contributed by atoms with Gasteiger partial charge in [-0.15, -0.1) is 0 Å². The lowest BCUT2D eigenvalue weighted by Crippen LogP contribution is -2.34. The van der Waals surface area contributed by atoms with Crippen LogP contribution in [0.2, 0.25) is 5.02 Å². The summed E-state index contributed by atoms with van der Waals surface area (Å²) in [5.41, 5.74) is 0. The molecule has 0 aromatic carbocycles. The Kier molecular flexibility index (Phi) is 3.44. The lowest BCUT2D eigenvalue weighted by atomic mass is 9.95. The van der Waals surface area contributed by atoms with Crippen LogP contribution in [0.5, 0.6) is 5.75 Å². The molecular weight excluding hydrogens is 214 g/mol. The van der Waals surface area contributed by atoms with Gasteiger partial charge in [-0.1, -0.05) is 18.0 Å². The Morgan fingerprint density at radius 1 is 1.33 bits per heavy atom. The molecule has 1 N–H and O–H groups in total. The van der Waals surface area contributed by atoms with Crippen LogP contribution in [0.25, 0.3) is 0 Å². The first-order valence-electron chi connectivity index (χ1n) is 5.21. The van der Waals surface area contributed by atoms with Crippen LogP contribution >= 0.6 is 11.6 Å². The maximum Gasteiger partial charge on any atom is 0.139 e. The molecule has 2 atom stereocenters. The second-order valence-electron chi connectivity index (χ2n) is 3.85. The highest BCUT2D eigenvalue weighted by Gasteiger charge is 2.24. The Balaban J connectivity index is 2.01. The second-order valence-corrected chi connectivity index (χ2v) is 4.28. The van der Waals surface area contributed by atoms with Crippen LogP contribution in [0.15, 0.2) is 18.5 Å². The van der Waals surface area contributed by atoms with Crippen molar-refractivity contribution in [3.05, 3.63) is 23.5 Å². The molecule has 2 rings (SSSR count). The zero-order chi connectivity index (χ0) is 10.7. The van der Waals surface area contributed by atoms with Crippen molar-refractivity contribution in [2.24, 2.45) is 0 Å². The molecule has 1 fully saturated rings. The van der Waals surface area contributed by atoms with Crippen molar-refractivity contribution in [2.75, 3.05) is 0 Å². The standard InChI is InChI=1S/C11H14ClNO2/c12-8-5-9(7-13-6-8)15-11-4-2-1-3-10(11)14/h5-7,10-11,14H,1-4H2. The molecule has 1 aliphatic rings. The summed E-state index contributed by atoms with van der Waals surface area (Å²) in [6, 6.07) is 1.72. The van der Waals surface area contributed by atoms with E-state index in [9.17, 15) is 5.11 Å². The zero-order valence-electron chi connectivity index (χ0n) is 8.40. The molecule has 1 heterocycles. The Morgan fingerprint density at radius 2 is 2.13 bits per heavy atom. The quantitative estimate of drug-likeness (QED) is 0.844. The number of aliphatic hydroxyl groups is 1. The van der Waals surface area contributed by atoms with Gasteiger partial charge in [-0.05, 0) is 19.3 Å².